The molecule has 0 radical (unpaired) electrons. The number of methoxy groups -OCH3 is 1. The molecular formula is C24H25N3O7S. The van der Waals surface area contributed by atoms with Crippen molar-refractivity contribution < 1.29 is 28.6 Å². The molecule has 2 aromatic heterocycles. The molecule has 0 unspecified atom stereocenters. The molecule has 1 aromatic carbocycles. The van der Waals surface area contributed by atoms with E-state index < -0.39 is 11.5 Å². The van der Waals surface area contributed by atoms with Crippen molar-refractivity contribution in [1.82, 2.24) is 9.55 Å². The van der Waals surface area contributed by atoms with Gasteiger partial charge in [0.1, 0.15) is 22.1 Å². The van der Waals surface area contributed by atoms with Gasteiger partial charge >= 0.3 is 5.97 Å². The Hall–Kier alpha value is -3.57. The first-order chi connectivity index (χ1) is 16.8. The van der Waals surface area contributed by atoms with Crippen molar-refractivity contribution in [2.45, 2.75) is 26.8 Å². The number of rotatable bonds is 9. The number of fused-ring (bicyclic) bond motifs is 2. The van der Waals surface area contributed by atoms with E-state index >= 15 is 0 Å². The zero-order valence-electron chi connectivity index (χ0n) is 19.7. The second kappa shape index (κ2) is 10.4. The number of hydrogen-bond donors (Lipinski definition) is 0. The Kier molecular flexibility index (Phi) is 7.27. The average Bonchev–Trinajstić information content (AvgIpc) is 3.19. The third-order valence-corrected chi connectivity index (χ3v) is 6.79. The number of aryl methyl sites for hydroxylation is 1. The van der Waals surface area contributed by atoms with Gasteiger partial charge in [-0.3, -0.25) is 19.0 Å². The van der Waals surface area contributed by atoms with Crippen molar-refractivity contribution in [3.63, 3.8) is 0 Å². The normalized spacial score (nSPS) is 13.0. The quantitative estimate of drug-likeness (QED) is 0.251. The molecule has 1 amide bonds. The van der Waals surface area contributed by atoms with Gasteiger partial charge in [0.15, 0.2) is 12.4 Å². The first kappa shape index (κ1) is 24.6. The molecule has 0 bridgehead atoms. The highest BCUT2D eigenvalue weighted by molar-refractivity contribution is 7.20. The second-order valence-electron chi connectivity index (χ2n) is 7.98. The zero-order chi connectivity index (χ0) is 25.1. The number of Topliss-reactive ketones (excluding diaryl/α,β-unsaturated/α-hetero) is 1. The van der Waals surface area contributed by atoms with Gasteiger partial charge in [-0.05, 0) is 37.1 Å². The fraction of sp³-hybridized carbons (Fsp3) is 0.375. The number of hydrogen-bond acceptors (Lipinski definition) is 9. The minimum absolute atomic E-state index is 0.0384. The summed E-state index contributed by atoms with van der Waals surface area (Å²) >= 11 is 1.07. The number of ether oxygens (including phenoxy) is 3. The van der Waals surface area contributed by atoms with Gasteiger partial charge in [0.25, 0.3) is 11.5 Å². The smallest absolute Gasteiger partial charge is 0.348 e. The van der Waals surface area contributed by atoms with E-state index in [2.05, 4.69) is 4.98 Å². The zero-order valence-corrected chi connectivity index (χ0v) is 20.5. The van der Waals surface area contributed by atoms with Crippen LogP contribution in [0.2, 0.25) is 0 Å². The maximum Gasteiger partial charge on any atom is 0.348 e. The standard InChI is InChI=1S/C24H25N3O7S/c1-4-7-27-16-10-15(5-6-18(16)34-12-19(27)29)17(28)11-26-13-25-22-20(23(26)30)14(2)21(35-22)24(31)33-9-8-32-3/h5-6,10,13H,4,7-9,11-12H2,1-3H3. The summed E-state index contributed by atoms with van der Waals surface area (Å²) in [5, 5.41) is 0.280. The van der Waals surface area contributed by atoms with Crippen LogP contribution in [0.25, 0.3) is 10.2 Å². The minimum Gasteiger partial charge on any atom is -0.482 e. The Morgan fingerprint density at radius 1 is 1.23 bits per heavy atom. The van der Waals surface area contributed by atoms with E-state index in [9.17, 15) is 19.2 Å². The fourth-order valence-electron chi connectivity index (χ4n) is 3.84. The first-order valence-electron chi connectivity index (χ1n) is 11.1. The molecule has 1 aliphatic heterocycles. The largest absolute Gasteiger partial charge is 0.482 e. The maximum absolute atomic E-state index is 13.2. The summed E-state index contributed by atoms with van der Waals surface area (Å²) in [7, 11) is 1.50. The van der Waals surface area contributed by atoms with Gasteiger partial charge < -0.3 is 19.1 Å². The van der Waals surface area contributed by atoms with E-state index in [4.69, 9.17) is 14.2 Å². The molecule has 3 heterocycles. The molecule has 0 fully saturated rings. The molecule has 11 heteroatoms. The Morgan fingerprint density at radius 2 is 2.03 bits per heavy atom. The first-order valence-corrected chi connectivity index (χ1v) is 11.9. The van der Waals surface area contributed by atoms with Crippen molar-refractivity contribution >= 4 is 44.9 Å². The molecule has 0 saturated carbocycles. The highest BCUT2D eigenvalue weighted by Gasteiger charge is 2.26. The number of nitrogens with zero attached hydrogens (tertiary/aromatic N) is 3. The monoisotopic (exact) mass is 499 g/mol. The lowest BCUT2D eigenvalue weighted by atomic mass is 10.1. The summed E-state index contributed by atoms with van der Waals surface area (Å²) in [6.07, 6.45) is 2.05. The van der Waals surface area contributed by atoms with E-state index in [1.54, 1.807) is 30.0 Å². The molecule has 35 heavy (non-hydrogen) atoms. The van der Waals surface area contributed by atoms with Gasteiger partial charge in [-0.2, -0.15) is 0 Å². The van der Waals surface area contributed by atoms with E-state index in [1.165, 1.54) is 18.0 Å². The average molecular weight is 500 g/mol. The summed E-state index contributed by atoms with van der Waals surface area (Å²) in [4.78, 5) is 57.5. The molecule has 3 aromatic rings. The highest BCUT2D eigenvalue weighted by Crippen LogP contribution is 2.33. The van der Waals surface area contributed by atoms with Crippen LogP contribution in [0.5, 0.6) is 5.75 Å². The number of carbonyl (C=O) groups excluding carboxylic acids is 3. The molecule has 0 spiro atoms. The van der Waals surface area contributed by atoms with Crippen LogP contribution in [-0.2, 0) is 20.8 Å². The van der Waals surface area contributed by atoms with Gasteiger partial charge in [0.05, 0.1) is 30.6 Å². The summed E-state index contributed by atoms with van der Waals surface area (Å²) in [5.74, 6) is -0.502. The van der Waals surface area contributed by atoms with Crippen molar-refractivity contribution in [3.8, 4) is 5.75 Å². The highest BCUT2D eigenvalue weighted by atomic mass is 32.1. The lowest BCUT2D eigenvalue weighted by Gasteiger charge is -2.29. The third-order valence-electron chi connectivity index (χ3n) is 5.61. The van der Waals surface area contributed by atoms with Crippen LogP contribution in [0.15, 0.2) is 29.3 Å². The van der Waals surface area contributed by atoms with Gasteiger partial charge in [-0.25, -0.2) is 9.78 Å². The van der Waals surface area contributed by atoms with Crippen molar-refractivity contribution in [1.29, 1.82) is 0 Å². The van der Waals surface area contributed by atoms with Crippen LogP contribution in [-0.4, -0.2) is 60.7 Å². The number of anilines is 1. The summed E-state index contributed by atoms with van der Waals surface area (Å²) in [5.41, 5.74) is 0.934. The van der Waals surface area contributed by atoms with Crippen LogP contribution < -0.4 is 15.2 Å². The molecular weight excluding hydrogens is 474 g/mol. The predicted octanol–water partition coefficient (Wildman–Crippen LogP) is 2.59. The van der Waals surface area contributed by atoms with E-state index in [0.717, 1.165) is 17.8 Å². The van der Waals surface area contributed by atoms with Gasteiger partial charge in [0.2, 0.25) is 0 Å². The summed E-state index contributed by atoms with van der Waals surface area (Å²) in [6.45, 7) is 4.22. The second-order valence-corrected chi connectivity index (χ2v) is 8.98. The Morgan fingerprint density at radius 3 is 2.77 bits per heavy atom. The molecule has 10 nitrogen and oxygen atoms in total. The van der Waals surface area contributed by atoms with E-state index in [-0.39, 0.29) is 43.4 Å². The maximum atomic E-state index is 13.2. The van der Waals surface area contributed by atoms with Gasteiger partial charge in [-0.15, -0.1) is 11.3 Å². The fourth-order valence-corrected chi connectivity index (χ4v) is 4.87. The Bertz CT molecular complexity index is 1360. The molecule has 184 valence electrons. The number of thiophene rings is 1. The SMILES string of the molecule is CCCN1C(=O)COc2ccc(C(=O)Cn3cnc4sc(C(=O)OCCOC)c(C)c4c3=O)cc21. The number of esters is 1. The predicted molar refractivity (Wildman–Crippen MR) is 130 cm³/mol. The Balaban J connectivity index is 1.60. The number of ketones is 1. The lowest BCUT2D eigenvalue weighted by molar-refractivity contribution is -0.121. The number of carbonyl (C=O) groups is 3. The molecule has 4 rings (SSSR count). The van der Waals surface area contributed by atoms with Crippen LogP contribution in [0.3, 0.4) is 0 Å². The number of amides is 1. The van der Waals surface area contributed by atoms with Crippen LogP contribution >= 0.6 is 11.3 Å². The van der Waals surface area contributed by atoms with Crippen molar-refractivity contribution in [2.75, 3.05) is 38.4 Å². The van der Waals surface area contributed by atoms with E-state index in [0.29, 0.717) is 38.8 Å². The number of benzene rings is 1. The van der Waals surface area contributed by atoms with Crippen LogP contribution in [0, 0.1) is 6.92 Å². The molecule has 1 aliphatic rings. The third kappa shape index (κ3) is 4.82. The molecule has 0 atom stereocenters. The van der Waals surface area contributed by atoms with Gasteiger partial charge in [0, 0.05) is 19.2 Å². The van der Waals surface area contributed by atoms with Crippen molar-refractivity contribution in [3.05, 3.63) is 50.9 Å². The summed E-state index contributed by atoms with van der Waals surface area (Å²) < 4.78 is 16.8. The molecule has 0 N–H and O–H groups in total. The number of aromatic nitrogens is 2. The molecule has 0 saturated heterocycles. The minimum atomic E-state index is -0.549. The van der Waals surface area contributed by atoms with Crippen LogP contribution in [0.1, 0.15) is 38.9 Å². The van der Waals surface area contributed by atoms with E-state index in [1.807, 2.05) is 6.92 Å². The molecule has 0 aliphatic carbocycles. The summed E-state index contributed by atoms with van der Waals surface area (Å²) in [6, 6.07) is 4.89. The Labute approximate surface area is 205 Å². The lowest BCUT2D eigenvalue weighted by Crippen LogP contribution is -2.39. The van der Waals surface area contributed by atoms with Crippen molar-refractivity contribution in [2.24, 2.45) is 0 Å². The van der Waals surface area contributed by atoms with Gasteiger partial charge in [-0.1, -0.05) is 6.92 Å². The van der Waals surface area contributed by atoms with Crippen LogP contribution in [0.4, 0.5) is 5.69 Å². The topological polar surface area (TPSA) is 117 Å².